The summed E-state index contributed by atoms with van der Waals surface area (Å²) in [5, 5.41) is 2.41. The predicted octanol–water partition coefficient (Wildman–Crippen LogP) is 5.06. The zero-order valence-electron chi connectivity index (χ0n) is 11.1. The van der Waals surface area contributed by atoms with Crippen molar-refractivity contribution in [3.8, 4) is 0 Å². The van der Waals surface area contributed by atoms with Crippen LogP contribution in [0.15, 0.2) is 35.3 Å². The Hall–Kier alpha value is -0.980. The number of unbranched alkanes of at least 4 members (excludes halogenated alkanes) is 6. The van der Waals surface area contributed by atoms with Crippen LogP contribution in [0.2, 0.25) is 0 Å². The third kappa shape index (κ3) is 8.16. The van der Waals surface area contributed by atoms with E-state index in [9.17, 15) is 0 Å². The van der Waals surface area contributed by atoms with E-state index in [1.807, 2.05) is 0 Å². The van der Waals surface area contributed by atoms with Crippen LogP contribution < -0.4 is 0 Å². The largest absolute Gasteiger partial charge is 0.233 e. The van der Waals surface area contributed by atoms with Crippen LogP contribution >= 0.6 is 12.2 Å². The molecule has 1 rings (SSSR count). The predicted molar refractivity (Wildman–Crippen MR) is 82.4 cm³/mol. The second-order valence-corrected chi connectivity index (χ2v) is 4.87. The lowest BCUT2D eigenvalue weighted by Gasteiger charge is -2.02. The topological polar surface area (TPSA) is 12.4 Å². The molecule has 0 saturated carbocycles. The van der Waals surface area contributed by atoms with Gasteiger partial charge in [0.15, 0.2) is 0 Å². The summed E-state index contributed by atoms with van der Waals surface area (Å²) in [5.74, 6) is 0. The number of rotatable bonds is 10. The molecule has 0 saturated heterocycles. The van der Waals surface area contributed by atoms with Gasteiger partial charge < -0.3 is 0 Å². The summed E-state index contributed by atoms with van der Waals surface area (Å²) in [6.07, 6.45) is 10.4. The molecule has 0 aliphatic heterocycles. The van der Waals surface area contributed by atoms with Crippen LogP contribution in [0.1, 0.15) is 50.5 Å². The lowest BCUT2D eigenvalue weighted by molar-refractivity contribution is 0.582. The van der Waals surface area contributed by atoms with Gasteiger partial charge in [-0.2, -0.15) is 0 Å². The molecule has 0 radical (unpaired) electrons. The Morgan fingerprint density at radius 2 is 1.44 bits per heavy atom. The molecule has 0 aliphatic rings. The molecule has 0 fully saturated rings. The van der Waals surface area contributed by atoms with Crippen molar-refractivity contribution in [2.45, 2.75) is 51.4 Å². The van der Waals surface area contributed by atoms with Crippen molar-refractivity contribution in [2.75, 3.05) is 6.54 Å². The van der Waals surface area contributed by atoms with Gasteiger partial charge in [0.1, 0.15) is 0 Å². The van der Waals surface area contributed by atoms with Crippen LogP contribution in [0.3, 0.4) is 0 Å². The van der Waals surface area contributed by atoms with E-state index in [2.05, 4.69) is 52.7 Å². The minimum atomic E-state index is 0.859. The summed E-state index contributed by atoms with van der Waals surface area (Å²) in [4.78, 5) is 3.92. The molecule has 2 heteroatoms. The average Bonchev–Trinajstić information content (AvgIpc) is 2.42. The van der Waals surface area contributed by atoms with Gasteiger partial charge in [-0.25, -0.2) is 4.99 Å². The number of isothiocyanates is 1. The summed E-state index contributed by atoms with van der Waals surface area (Å²) >= 11 is 4.52. The maximum Gasteiger partial charge on any atom is 0.0584 e. The summed E-state index contributed by atoms with van der Waals surface area (Å²) in [5.41, 5.74) is 1.47. The molecule has 0 atom stereocenters. The maximum absolute atomic E-state index is 4.52. The van der Waals surface area contributed by atoms with E-state index < -0.39 is 0 Å². The minimum Gasteiger partial charge on any atom is -0.233 e. The van der Waals surface area contributed by atoms with Gasteiger partial charge in [-0.3, -0.25) is 0 Å². The molecule has 98 valence electrons. The van der Waals surface area contributed by atoms with Crippen LogP contribution in [-0.4, -0.2) is 11.7 Å². The normalized spacial score (nSPS) is 10.0. The molecule has 1 aromatic rings. The Labute approximate surface area is 116 Å². The van der Waals surface area contributed by atoms with Crippen LogP contribution in [0.4, 0.5) is 0 Å². The quantitative estimate of drug-likeness (QED) is 0.326. The van der Waals surface area contributed by atoms with E-state index in [1.54, 1.807) is 0 Å². The molecule has 0 unspecified atom stereocenters. The second kappa shape index (κ2) is 11.1. The van der Waals surface area contributed by atoms with Gasteiger partial charge in [0, 0.05) is 6.54 Å². The smallest absolute Gasteiger partial charge is 0.0584 e. The Morgan fingerprint density at radius 1 is 0.833 bits per heavy atom. The van der Waals surface area contributed by atoms with Crippen molar-refractivity contribution < 1.29 is 0 Å². The van der Waals surface area contributed by atoms with E-state index in [4.69, 9.17) is 0 Å². The Balaban J connectivity index is 1.86. The summed E-state index contributed by atoms with van der Waals surface area (Å²) in [6.45, 7) is 0.859. The average molecular weight is 261 g/mol. The number of thiocarbonyl (C=S) groups is 1. The van der Waals surface area contributed by atoms with Crippen LogP contribution in [0.25, 0.3) is 0 Å². The van der Waals surface area contributed by atoms with Gasteiger partial charge in [0.2, 0.25) is 0 Å². The molecule has 0 aliphatic carbocycles. The van der Waals surface area contributed by atoms with E-state index in [1.165, 1.54) is 50.5 Å². The molecule has 1 nitrogen and oxygen atoms in total. The molecule has 0 aromatic heterocycles. The number of nitrogens with zero attached hydrogens (tertiary/aromatic N) is 1. The monoisotopic (exact) mass is 261 g/mol. The van der Waals surface area contributed by atoms with E-state index in [0.29, 0.717) is 0 Å². The number of benzene rings is 1. The standard InChI is InChI=1S/C16H23NS/c18-15-17-14-10-5-3-1-2-4-7-11-16-12-8-6-9-13-16/h6,8-9,12-13H,1-5,7,10-11,14H2. The van der Waals surface area contributed by atoms with Gasteiger partial charge in [0.05, 0.1) is 5.16 Å². The van der Waals surface area contributed by atoms with Crippen molar-refractivity contribution >= 4 is 17.4 Å². The first-order chi connectivity index (χ1) is 8.93. The van der Waals surface area contributed by atoms with E-state index in [-0.39, 0.29) is 0 Å². The van der Waals surface area contributed by atoms with Crippen molar-refractivity contribution in [3.05, 3.63) is 35.9 Å². The summed E-state index contributed by atoms with van der Waals surface area (Å²) in [6, 6.07) is 10.8. The van der Waals surface area contributed by atoms with Crippen molar-refractivity contribution in [1.29, 1.82) is 0 Å². The van der Waals surface area contributed by atoms with Crippen LogP contribution in [0.5, 0.6) is 0 Å². The minimum absolute atomic E-state index is 0.859. The fourth-order valence-electron chi connectivity index (χ4n) is 2.09. The van der Waals surface area contributed by atoms with Gasteiger partial charge in [-0.15, -0.1) is 0 Å². The zero-order valence-corrected chi connectivity index (χ0v) is 11.9. The van der Waals surface area contributed by atoms with E-state index >= 15 is 0 Å². The summed E-state index contributed by atoms with van der Waals surface area (Å²) < 4.78 is 0. The first kappa shape index (κ1) is 15.1. The molecule has 0 spiro atoms. The molecular weight excluding hydrogens is 238 g/mol. The third-order valence-corrected chi connectivity index (χ3v) is 3.27. The Morgan fingerprint density at radius 3 is 2.11 bits per heavy atom. The van der Waals surface area contributed by atoms with Gasteiger partial charge >= 0.3 is 0 Å². The van der Waals surface area contributed by atoms with Crippen LogP contribution in [-0.2, 0) is 6.42 Å². The molecular formula is C16H23NS. The molecule has 18 heavy (non-hydrogen) atoms. The SMILES string of the molecule is S=C=NCCCCCCCCCc1ccccc1. The highest BCUT2D eigenvalue weighted by Gasteiger charge is 1.93. The summed E-state index contributed by atoms with van der Waals surface area (Å²) in [7, 11) is 0. The third-order valence-electron chi connectivity index (χ3n) is 3.14. The molecule has 0 bridgehead atoms. The highest BCUT2D eigenvalue weighted by molar-refractivity contribution is 7.78. The second-order valence-electron chi connectivity index (χ2n) is 4.68. The van der Waals surface area contributed by atoms with Gasteiger partial charge in [-0.05, 0) is 37.0 Å². The first-order valence-electron chi connectivity index (χ1n) is 7.01. The molecule has 1 aromatic carbocycles. The number of aryl methyl sites for hydroxylation is 1. The first-order valence-corrected chi connectivity index (χ1v) is 7.42. The van der Waals surface area contributed by atoms with Gasteiger partial charge in [-0.1, -0.05) is 62.4 Å². The fourth-order valence-corrected chi connectivity index (χ4v) is 2.19. The van der Waals surface area contributed by atoms with E-state index in [0.717, 1.165) is 13.0 Å². The van der Waals surface area contributed by atoms with Crippen molar-refractivity contribution in [1.82, 2.24) is 0 Å². The lowest BCUT2D eigenvalue weighted by atomic mass is 10.0. The Bertz CT molecular complexity index is 341. The van der Waals surface area contributed by atoms with Crippen LogP contribution in [0, 0.1) is 0 Å². The van der Waals surface area contributed by atoms with Gasteiger partial charge in [0.25, 0.3) is 0 Å². The lowest BCUT2D eigenvalue weighted by Crippen LogP contribution is -1.86. The Kier molecular flexibility index (Phi) is 9.32. The molecule has 0 N–H and O–H groups in total. The zero-order chi connectivity index (χ0) is 12.9. The number of aliphatic imine (C=N–C) groups is 1. The number of hydrogen-bond acceptors (Lipinski definition) is 2. The fraction of sp³-hybridized carbons (Fsp3) is 0.562. The highest BCUT2D eigenvalue weighted by Crippen LogP contribution is 2.10. The maximum atomic E-state index is 4.52. The van der Waals surface area contributed by atoms with Crippen molar-refractivity contribution in [3.63, 3.8) is 0 Å². The van der Waals surface area contributed by atoms with Crippen molar-refractivity contribution in [2.24, 2.45) is 4.99 Å². The number of hydrogen-bond donors (Lipinski definition) is 0. The highest BCUT2D eigenvalue weighted by atomic mass is 32.1. The molecule has 0 heterocycles. The molecule has 0 amide bonds.